The van der Waals surface area contributed by atoms with E-state index in [1.54, 1.807) is 12.1 Å². The summed E-state index contributed by atoms with van der Waals surface area (Å²) in [7, 11) is -2.88. The van der Waals surface area contributed by atoms with Gasteiger partial charge >= 0.3 is 0 Å². The lowest BCUT2D eigenvalue weighted by molar-refractivity contribution is 0.389. The van der Waals surface area contributed by atoms with Crippen molar-refractivity contribution in [3.05, 3.63) is 39.7 Å². The number of aromatic nitrogens is 2. The molecule has 1 aromatic heterocycles. The molecule has 1 unspecified atom stereocenters. The molecule has 0 saturated carbocycles. The highest BCUT2D eigenvalue weighted by Crippen LogP contribution is 2.29. The second-order valence-electron chi connectivity index (χ2n) is 5.46. The number of sulfone groups is 1. The van der Waals surface area contributed by atoms with Gasteiger partial charge in [-0.1, -0.05) is 41.0 Å². The van der Waals surface area contributed by atoms with Gasteiger partial charge in [-0.3, -0.25) is 0 Å². The van der Waals surface area contributed by atoms with Gasteiger partial charge in [0.15, 0.2) is 9.84 Å². The fraction of sp³-hybridized carbons (Fsp3) is 0.429. The zero-order valence-corrected chi connectivity index (χ0v) is 15.2. The van der Waals surface area contributed by atoms with Crippen LogP contribution in [0, 0.1) is 5.92 Å². The van der Waals surface area contributed by atoms with Crippen LogP contribution >= 0.6 is 35.0 Å². The van der Waals surface area contributed by atoms with E-state index in [2.05, 4.69) is 10.2 Å². The fourth-order valence-electron chi connectivity index (χ4n) is 2.44. The normalized spacial score (nSPS) is 20.0. The Balaban J connectivity index is 1.57. The lowest BCUT2D eigenvalue weighted by Gasteiger charge is -2.03. The third-order valence-corrected chi connectivity index (χ3v) is 6.90. The van der Waals surface area contributed by atoms with Gasteiger partial charge in [0.25, 0.3) is 5.22 Å². The minimum Gasteiger partial charge on any atom is -0.416 e. The Morgan fingerprint density at radius 1 is 1.30 bits per heavy atom. The molecule has 1 fully saturated rings. The number of hydrogen-bond donors (Lipinski definition) is 0. The van der Waals surface area contributed by atoms with E-state index in [0.717, 1.165) is 5.56 Å². The first-order valence-electron chi connectivity index (χ1n) is 7.01. The maximum atomic E-state index is 11.5. The number of benzene rings is 1. The highest BCUT2D eigenvalue weighted by molar-refractivity contribution is 7.98. The van der Waals surface area contributed by atoms with Crippen molar-refractivity contribution in [1.82, 2.24) is 10.2 Å². The molecule has 0 bridgehead atoms. The summed E-state index contributed by atoms with van der Waals surface area (Å²) in [6, 6.07) is 5.33. The predicted octanol–water partition coefficient (Wildman–Crippen LogP) is 3.65. The summed E-state index contributed by atoms with van der Waals surface area (Å²) >= 11 is 13.4. The molecule has 0 spiro atoms. The van der Waals surface area contributed by atoms with E-state index >= 15 is 0 Å². The first-order chi connectivity index (χ1) is 10.9. The van der Waals surface area contributed by atoms with Crippen molar-refractivity contribution in [3.63, 3.8) is 0 Å². The van der Waals surface area contributed by atoms with Gasteiger partial charge in [0.2, 0.25) is 5.89 Å². The summed E-state index contributed by atoms with van der Waals surface area (Å²) in [5.74, 6) is 1.61. The quantitative estimate of drug-likeness (QED) is 0.722. The molecule has 1 atom stereocenters. The SMILES string of the molecule is O=S1(=O)CCC(Cc2nnc(SCc3ccc(Cl)cc3Cl)o2)C1. The maximum absolute atomic E-state index is 11.5. The van der Waals surface area contributed by atoms with Crippen LogP contribution in [-0.2, 0) is 22.0 Å². The topological polar surface area (TPSA) is 73.1 Å². The van der Waals surface area contributed by atoms with E-state index in [1.807, 2.05) is 6.07 Å². The minimum absolute atomic E-state index is 0.0732. The Labute approximate surface area is 148 Å². The van der Waals surface area contributed by atoms with Crippen LogP contribution in [-0.4, -0.2) is 30.1 Å². The molecule has 0 amide bonds. The molecule has 0 radical (unpaired) electrons. The Morgan fingerprint density at radius 2 is 2.13 bits per heavy atom. The Kier molecular flexibility index (Phi) is 5.20. The Hall–Kier alpha value is -0.760. The monoisotopic (exact) mass is 392 g/mol. The molecule has 23 heavy (non-hydrogen) atoms. The number of rotatable bonds is 5. The molecule has 1 aromatic carbocycles. The first-order valence-corrected chi connectivity index (χ1v) is 10.6. The predicted molar refractivity (Wildman–Crippen MR) is 90.8 cm³/mol. The minimum atomic E-state index is -2.88. The average Bonchev–Trinajstić information content (AvgIpc) is 3.05. The lowest BCUT2D eigenvalue weighted by atomic mass is 10.1. The molecule has 2 heterocycles. The van der Waals surface area contributed by atoms with Gasteiger partial charge in [0.1, 0.15) is 0 Å². The third kappa shape index (κ3) is 4.62. The van der Waals surface area contributed by atoms with Gasteiger partial charge in [0.05, 0.1) is 11.5 Å². The number of halogens is 2. The molecule has 5 nitrogen and oxygen atoms in total. The van der Waals surface area contributed by atoms with Gasteiger partial charge in [-0.05, 0) is 30.0 Å². The van der Waals surface area contributed by atoms with E-state index in [9.17, 15) is 8.42 Å². The highest BCUT2D eigenvalue weighted by atomic mass is 35.5. The van der Waals surface area contributed by atoms with Crippen molar-refractivity contribution in [2.45, 2.75) is 23.8 Å². The van der Waals surface area contributed by atoms with Crippen LogP contribution in [0.25, 0.3) is 0 Å². The Morgan fingerprint density at radius 3 is 2.83 bits per heavy atom. The molecule has 124 valence electrons. The molecule has 0 aliphatic carbocycles. The molecule has 2 aromatic rings. The molecule has 9 heteroatoms. The largest absolute Gasteiger partial charge is 0.416 e. The van der Waals surface area contributed by atoms with Crippen molar-refractivity contribution in [2.24, 2.45) is 5.92 Å². The molecular weight excluding hydrogens is 379 g/mol. The highest BCUT2D eigenvalue weighted by Gasteiger charge is 2.29. The van der Waals surface area contributed by atoms with Crippen LogP contribution in [0.5, 0.6) is 0 Å². The van der Waals surface area contributed by atoms with Crippen molar-refractivity contribution in [3.8, 4) is 0 Å². The number of thioether (sulfide) groups is 1. The average molecular weight is 393 g/mol. The van der Waals surface area contributed by atoms with Crippen LogP contribution < -0.4 is 0 Å². The van der Waals surface area contributed by atoms with E-state index in [-0.39, 0.29) is 17.4 Å². The second-order valence-corrected chi connectivity index (χ2v) is 9.46. The fourth-order valence-corrected chi connectivity index (χ4v) is 5.64. The summed E-state index contributed by atoms with van der Waals surface area (Å²) < 4.78 is 28.5. The standard InChI is InChI=1S/C14H14Cl2N2O3S2/c15-11-2-1-10(12(16)6-11)7-22-14-18-17-13(21-14)5-9-3-4-23(19,20)8-9/h1-2,6,9H,3-5,7-8H2. The maximum Gasteiger partial charge on any atom is 0.276 e. The summed E-state index contributed by atoms with van der Waals surface area (Å²) in [6.45, 7) is 0. The summed E-state index contributed by atoms with van der Waals surface area (Å²) in [5, 5.41) is 9.62. The summed E-state index contributed by atoms with van der Waals surface area (Å²) in [4.78, 5) is 0. The van der Waals surface area contributed by atoms with Crippen LogP contribution in [0.1, 0.15) is 17.9 Å². The third-order valence-electron chi connectivity index (χ3n) is 3.60. The van der Waals surface area contributed by atoms with Crippen molar-refractivity contribution in [2.75, 3.05) is 11.5 Å². The first kappa shape index (κ1) is 17.1. The van der Waals surface area contributed by atoms with E-state index < -0.39 is 9.84 Å². The molecule has 1 aliphatic heterocycles. The molecular formula is C14H14Cl2N2O3S2. The van der Waals surface area contributed by atoms with Gasteiger partial charge in [-0.25, -0.2) is 8.42 Å². The zero-order chi connectivity index (χ0) is 16.4. The second kappa shape index (κ2) is 7.01. The van der Waals surface area contributed by atoms with Crippen LogP contribution in [0.4, 0.5) is 0 Å². The molecule has 0 N–H and O–H groups in total. The van der Waals surface area contributed by atoms with Gasteiger partial charge in [-0.15, -0.1) is 10.2 Å². The molecule has 1 saturated heterocycles. The Bertz CT molecular complexity index is 808. The van der Waals surface area contributed by atoms with E-state index in [0.29, 0.717) is 39.8 Å². The molecule has 3 rings (SSSR count). The van der Waals surface area contributed by atoms with Crippen molar-refractivity contribution >= 4 is 44.8 Å². The van der Waals surface area contributed by atoms with Gasteiger partial charge in [0, 0.05) is 22.2 Å². The van der Waals surface area contributed by atoms with Crippen LogP contribution in [0.3, 0.4) is 0 Å². The van der Waals surface area contributed by atoms with E-state index in [4.69, 9.17) is 27.6 Å². The van der Waals surface area contributed by atoms with Crippen LogP contribution in [0.15, 0.2) is 27.8 Å². The zero-order valence-electron chi connectivity index (χ0n) is 12.0. The summed E-state index contributed by atoms with van der Waals surface area (Å²) in [5.41, 5.74) is 0.933. The van der Waals surface area contributed by atoms with Crippen molar-refractivity contribution < 1.29 is 12.8 Å². The van der Waals surface area contributed by atoms with Gasteiger partial charge in [-0.2, -0.15) is 0 Å². The van der Waals surface area contributed by atoms with E-state index in [1.165, 1.54) is 11.8 Å². The van der Waals surface area contributed by atoms with Crippen molar-refractivity contribution in [1.29, 1.82) is 0 Å². The van der Waals surface area contributed by atoms with Gasteiger partial charge < -0.3 is 4.42 Å². The lowest BCUT2D eigenvalue weighted by Crippen LogP contribution is -2.07. The van der Waals surface area contributed by atoms with Crippen LogP contribution in [0.2, 0.25) is 10.0 Å². The molecule has 1 aliphatic rings. The smallest absolute Gasteiger partial charge is 0.276 e. The number of hydrogen-bond acceptors (Lipinski definition) is 6. The summed E-state index contributed by atoms with van der Waals surface area (Å²) in [6.07, 6.45) is 1.17. The number of nitrogens with zero attached hydrogens (tertiary/aromatic N) is 2.